The number of benzene rings is 2. The van der Waals surface area contributed by atoms with Crippen molar-refractivity contribution in [1.29, 1.82) is 0 Å². The normalized spacial score (nSPS) is 21.7. The molecule has 4 unspecified atom stereocenters. The first kappa shape index (κ1) is 47.3. The number of nitrogen functional groups attached to an aromatic ring is 1. The van der Waals surface area contributed by atoms with Gasteiger partial charge in [-0.2, -0.15) is 0 Å². The number of hydrogen-bond donors (Lipinski definition) is 7. The molecule has 1 spiro atoms. The van der Waals surface area contributed by atoms with E-state index < -0.39 is 23.5 Å². The lowest BCUT2D eigenvalue weighted by atomic mass is 9.60. The highest BCUT2D eigenvalue weighted by molar-refractivity contribution is 5.93. The van der Waals surface area contributed by atoms with Crippen LogP contribution in [0.15, 0.2) is 54.9 Å². The van der Waals surface area contributed by atoms with Gasteiger partial charge in [-0.3, -0.25) is 9.59 Å². The van der Waals surface area contributed by atoms with Crippen molar-refractivity contribution in [1.82, 2.24) is 40.3 Å². The number of aromatic amines is 1. The summed E-state index contributed by atoms with van der Waals surface area (Å²) in [6.45, 7) is 14.2. The lowest BCUT2D eigenvalue weighted by molar-refractivity contribution is -0.142. The molecule has 4 atom stereocenters. The maximum absolute atomic E-state index is 14.2. The summed E-state index contributed by atoms with van der Waals surface area (Å²) in [5, 5.41) is 27.0. The van der Waals surface area contributed by atoms with Gasteiger partial charge in [0.05, 0.1) is 12.1 Å². The summed E-state index contributed by atoms with van der Waals surface area (Å²) in [6.07, 6.45) is 17.4. The number of aromatic hydroxyl groups is 2. The van der Waals surface area contributed by atoms with Gasteiger partial charge in [-0.15, -0.1) is 6.42 Å². The number of nitrogens with zero attached hydrogens (tertiary/aromatic N) is 6. The summed E-state index contributed by atoms with van der Waals surface area (Å²) in [5.41, 5.74) is 18.7. The molecule has 9 rings (SSSR count). The highest BCUT2D eigenvalue weighted by Crippen LogP contribution is 2.51. The first-order valence-electron chi connectivity index (χ1n) is 24.5. The van der Waals surface area contributed by atoms with Crippen LogP contribution in [-0.2, 0) is 16.0 Å². The average Bonchev–Trinajstić information content (AvgIpc) is 3.92. The highest BCUT2D eigenvalue weighted by atomic mass is 16.3. The number of anilines is 2. The molecule has 2 aromatic carbocycles. The third-order valence-electron chi connectivity index (χ3n) is 15.5. The van der Waals surface area contributed by atoms with Gasteiger partial charge in [0, 0.05) is 95.7 Å². The zero-order chi connectivity index (χ0) is 48.9. The van der Waals surface area contributed by atoms with Gasteiger partial charge < -0.3 is 56.9 Å². The van der Waals surface area contributed by atoms with E-state index in [9.17, 15) is 24.6 Å². The third-order valence-corrected chi connectivity index (χ3v) is 15.5. The van der Waals surface area contributed by atoms with Gasteiger partial charge in [0.1, 0.15) is 29.4 Å². The number of carbonyl (C=O) groups is 3. The molecule has 9 N–H and O–H groups in total. The third kappa shape index (κ3) is 9.28. The van der Waals surface area contributed by atoms with Gasteiger partial charge in [0.2, 0.25) is 17.8 Å². The van der Waals surface area contributed by atoms with Crippen LogP contribution in [0.25, 0.3) is 11.8 Å². The van der Waals surface area contributed by atoms with E-state index in [4.69, 9.17) is 27.9 Å². The predicted molar refractivity (Wildman–Crippen MR) is 267 cm³/mol. The Morgan fingerprint density at radius 2 is 1.70 bits per heavy atom. The topological polar surface area (TPSA) is 222 Å². The summed E-state index contributed by atoms with van der Waals surface area (Å²) >= 11 is 0. The minimum atomic E-state index is -0.815. The Morgan fingerprint density at radius 1 is 0.986 bits per heavy atom. The predicted octanol–water partition coefficient (Wildman–Crippen LogP) is 6.00. The van der Waals surface area contributed by atoms with Gasteiger partial charge in [0.15, 0.2) is 0 Å². The molecule has 2 aromatic heterocycles. The summed E-state index contributed by atoms with van der Waals surface area (Å²) in [4.78, 5) is 63.0. The van der Waals surface area contributed by atoms with Crippen LogP contribution in [0.5, 0.6) is 11.5 Å². The Morgan fingerprint density at radius 3 is 2.36 bits per heavy atom. The molecule has 0 radical (unpaired) electrons. The van der Waals surface area contributed by atoms with E-state index in [2.05, 4.69) is 38.3 Å². The number of aromatic nitrogens is 3. The van der Waals surface area contributed by atoms with Gasteiger partial charge in [-0.1, -0.05) is 44.9 Å². The summed E-state index contributed by atoms with van der Waals surface area (Å²) in [7, 11) is 0. The van der Waals surface area contributed by atoms with Gasteiger partial charge in [-0.05, 0) is 113 Å². The Hall–Kier alpha value is -6.73. The number of H-pyrrole nitrogens is 1. The van der Waals surface area contributed by atoms with Crippen LogP contribution in [0, 0.1) is 23.2 Å². The van der Waals surface area contributed by atoms with Crippen molar-refractivity contribution < 1.29 is 24.6 Å². The van der Waals surface area contributed by atoms with E-state index in [1.807, 2.05) is 50.2 Å². The number of nitrogens with two attached hydrogens (primary N) is 2. The van der Waals surface area contributed by atoms with E-state index >= 15 is 0 Å². The first-order valence-corrected chi connectivity index (χ1v) is 24.5. The molecular formula is C53H67N11O5. The minimum absolute atomic E-state index is 0.000700. The quantitative estimate of drug-likeness (QED) is 0.0915. The van der Waals surface area contributed by atoms with Crippen molar-refractivity contribution in [2.45, 2.75) is 116 Å². The van der Waals surface area contributed by atoms with Gasteiger partial charge in [0.25, 0.3) is 0 Å². The fourth-order valence-corrected chi connectivity index (χ4v) is 11.6. The molecule has 1 saturated carbocycles. The highest BCUT2D eigenvalue weighted by Gasteiger charge is 2.56. The number of urea groups is 1. The second-order valence-electron chi connectivity index (χ2n) is 21.2. The number of hydrogen-bond acceptors (Lipinski definition) is 11. The molecule has 6 heterocycles. The fourth-order valence-electron chi connectivity index (χ4n) is 11.6. The van der Waals surface area contributed by atoms with Crippen molar-refractivity contribution in [3.05, 3.63) is 93.9 Å². The van der Waals surface area contributed by atoms with Crippen LogP contribution in [0.4, 0.5) is 16.6 Å². The number of likely N-dealkylation sites (tertiary alicyclic amines) is 3. The summed E-state index contributed by atoms with van der Waals surface area (Å²) < 4.78 is 0. The number of carbonyl (C=O) groups excluding carboxylic acids is 3. The van der Waals surface area contributed by atoms with E-state index in [0.29, 0.717) is 78.6 Å². The number of piperidine rings is 1. The number of fused-ring (bicyclic) bond motifs is 1. The van der Waals surface area contributed by atoms with Gasteiger partial charge in [-0.25, -0.2) is 14.8 Å². The Labute approximate surface area is 404 Å². The second kappa shape index (κ2) is 18.6. The SMILES string of the molecule is C#Cc1ccc(C(C)NC(=O)C2CCCN2C(=O)C(NC(=O)N2CC3(CC(N4CCC(c5cnc(N6CCc7[nH]c(N)c(/C=C(\N)c8ccccc8O)c7C6C)nc5)CC4)C3)C2)C(C)(C)C)c(O)c1. The second-order valence-corrected chi connectivity index (χ2v) is 21.2. The number of para-hydroxylation sites is 1. The Balaban J connectivity index is 0.740. The number of amides is 4. The number of phenols is 2. The van der Waals surface area contributed by atoms with Crippen LogP contribution in [0.2, 0.25) is 0 Å². The van der Waals surface area contributed by atoms with Crippen LogP contribution in [-0.4, -0.2) is 115 Å². The van der Waals surface area contributed by atoms with E-state index in [1.165, 1.54) is 6.07 Å². The number of rotatable bonds is 10. The van der Waals surface area contributed by atoms with Crippen molar-refractivity contribution in [2.24, 2.45) is 16.6 Å². The van der Waals surface area contributed by atoms with Crippen molar-refractivity contribution in [3.8, 4) is 23.8 Å². The standard InChI is InChI=1S/C53H67N11O5/c1-7-33-14-15-37(44(66)23-33)31(2)58-48(67)42-12-10-19-64(42)49(68)46(52(4,5)6)60-51(69)62-29-53(30-62)25-36(26-53)61-20-16-34(17-21-61)35-27-56-50(57-28-35)63-22-18-41-45(32(63)3)39(47(55)59-41)24-40(54)38-11-8-9-13-43(38)65/h1,8-9,11,13-15,23-24,27-28,31-32,34,36,42,46,59,65-66H,10,12,16-22,25-26,29-30,54-55H2,2-6H3,(H,58,67)(H,60,69)/b40-24-. The zero-order valence-electron chi connectivity index (χ0n) is 40.5. The molecule has 4 fully saturated rings. The van der Waals surface area contributed by atoms with Crippen molar-refractivity contribution in [3.63, 3.8) is 0 Å². The monoisotopic (exact) mass is 938 g/mol. The van der Waals surface area contributed by atoms with Crippen LogP contribution in [0.1, 0.15) is 130 Å². The van der Waals surface area contributed by atoms with Crippen LogP contribution >= 0.6 is 0 Å². The lowest BCUT2D eigenvalue weighted by Gasteiger charge is -2.61. The van der Waals surface area contributed by atoms with E-state index in [0.717, 1.165) is 74.1 Å². The number of phenolic OH excluding ortho intramolecular Hbond substituents is 2. The van der Waals surface area contributed by atoms with Gasteiger partial charge >= 0.3 is 6.03 Å². The zero-order valence-corrected chi connectivity index (χ0v) is 40.5. The van der Waals surface area contributed by atoms with E-state index in [1.54, 1.807) is 42.2 Å². The van der Waals surface area contributed by atoms with Crippen molar-refractivity contribution >= 4 is 41.4 Å². The molecule has 364 valence electrons. The average molecular weight is 938 g/mol. The maximum Gasteiger partial charge on any atom is 0.318 e. The lowest BCUT2D eigenvalue weighted by Crippen LogP contribution is -2.70. The molecule has 4 amide bonds. The Bertz CT molecular complexity index is 2660. The molecule has 1 aliphatic carbocycles. The maximum atomic E-state index is 14.2. The molecular weight excluding hydrogens is 871 g/mol. The Kier molecular flexibility index (Phi) is 12.8. The van der Waals surface area contributed by atoms with Crippen LogP contribution in [0.3, 0.4) is 0 Å². The largest absolute Gasteiger partial charge is 0.508 e. The molecule has 0 bridgehead atoms. The number of terminal acetylenes is 1. The minimum Gasteiger partial charge on any atom is -0.508 e. The molecule has 16 nitrogen and oxygen atoms in total. The molecule has 3 saturated heterocycles. The molecule has 5 aliphatic rings. The summed E-state index contributed by atoms with van der Waals surface area (Å²) in [6, 6.07) is 10.1. The molecule has 4 aliphatic heterocycles. The molecule has 4 aromatic rings. The van der Waals surface area contributed by atoms with Crippen LogP contribution < -0.4 is 27.0 Å². The first-order chi connectivity index (χ1) is 32.9. The fraction of sp³-hybridized carbons (Fsp3) is 0.491. The number of nitrogens with one attached hydrogen (secondary N) is 3. The summed E-state index contributed by atoms with van der Waals surface area (Å²) in [5.74, 6) is 3.66. The molecule has 16 heteroatoms. The smallest absolute Gasteiger partial charge is 0.318 e. The van der Waals surface area contributed by atoms with Crippen molar-refractivity contribution in [2.75, 3.05) is 49.9 Å². The van der Waals surface area contributed by atoms with E-state index in [-0.39, 0.29) is 40.8 Å². The molecule has 69 heavy (non-hydrogen) atoms.